The van der Waals surface area contributed by atoms with Crippen molar-refractivity contribution in [2.24, 2.45) is 0 Å². The van der Waals surface area contributed by atoms with Gasteiger partial charge in [-0.2, -0.15) is 0 Å². The molecule has 0 unspecified atom stereocenters. The van der Waals surface area contributed by atoms with Crippen LogP contribution in [0.25, 0.3) is 0 Å². The van der Waals surface area contributed by atoms with Crippen LogP contribution in [0.5, 0.6) is 11.5 Å². The smallest absolute Gasteiger partial charge is 0.162 e. The molecule has 0 heterocycles. The molecule has 24 heavy (non-hydrogen) atoms. The Morgan fingerprint density at radius 3 is 2.46 bits per heavy atom. The van der Waals surface area contributed by atoms with Crippen LogP contribution < -0.4 is 14.8 Å². The molecule has 3 nitrogen and oxygen atoms in total. The molecular formula is C18H20BrCl2NO2. The van der Waals surface area contributed by atoms with E-state index in [1.54, 1.807) is 12.1 Å². The summed E-state index contributed by atoms with van der Waals surface area (Å²) in [5.41, 5.74) is 1.88. The van der Waals surface area contributed by atoms with Gasteiger partial charge < -0.3 is 14.8 Å². The molecule has 0 saturated carbocycles. The number of ether oxygens (including phenoxy) is 2. The van der Waals surface area contributed by atoms with Crippen molar-refractivity contribution >= 4 is 44.8 Å². The number of halogens is 3. The van der Waals surface area contributed by atoms with E-state index in [1.165, 1.54) is 0 Å². The van der Waals surface area contributed by atoms with E-state index in [0.29, 0.717) is 29.8 Å². The van der Waals surface area contributed by atoms with Gasteiger partial charge >= 0.3 is 0 Å². The number of benzene rings is 2. The van der Waals surface area contributed by atoms with Gasteiger partial charge in [0.05, 0.1) is 23.9 Å². The van der Waals surface area contributed by atoms with Crippen molar-refractivity contribution in [3.8, 4) is 11.5 Å². The predicted molar refractivity (Wildman–Crippen MR) is 105 cm³/mol. The molecule has 0 aromatic heterocycles. The quantitative estimate of drug-likeness (QED) is 0.512. The lowest BCUT2D eigenvalue weighted by Gasteiger charge is -2.16. The predicted octanol–water partition coefficient (Wildman–Crippen LogP) is 6.56. The van der Waals surface area contributed by atoms with Gasteiger partial charge in [-0.05, 0) is 49.2 Å². The molecule has 0 aliphatic rings. The fraction of sp³-hybridized carbons (Fsp3) is 0.333. The van der Waals surface area contributed by atoms with Gasteiger partial charge in [0.25, 0.3) is 0 Å². The van der Waals surface area contributed by atoms with Crippen molar-refractivity contribution < 1.29 is 9.47 Å². The van der Waals surface area contributed by atoms with Crippen molar-refractivity contribution in [3.05, 3.63) is 50.4 Å². The highest BCUT2D eigenvalue weighted by atomic mass is 79.9. The molecule has 2 aromatic carbocycles. The average molecular weight is 433 g/mol. The topological polar surface area (TPSA) is 30.5 Å². The summed E-state index contributed by atoms with van der Waals surface area (Å²) in [6.45, 7) is 5.86. The van der Waals surface area contributed by atoms with E-state index in [0.717, 1.165) is 33.6 Å². The summed E-state index contributed by atoms with van der Waals surface area (Å²) in [6.07, 6.45) is 0.946. The zero-order valence-electron chi connectivity index (χ0n) is 13.7. The molecule has 6 heteroatoms. The van der Waals surface area contributed by atoms with E-state index in [-0.39, 0.29) is 0 Å². The lowest BCUT2D eigenvalue weighted by molar-refractivity contribution is 0.276. The number of anilines is 1. The Kier molecular flexibility index (Phi) is 7.53. The van der Waals surface area contributed by atoms with E-state index < -0.39 is 0 Å². The Labute approximate surface area is 161 Å². The zero-order valence-corrected chi connectivity index (χ0v) is 16.8. The van der Waals surface area contributed by atoms with Crippen LogP contribution >= 0.6 is 39.1 Å². The van der Waals surface area contributed by atoms with Gasteiger partial charge in [0, 0.05) is 16.0 Å². The molecule has 0 saturated heterocycles. The van der Waals surface area contributed by atoms with Crippen LogP contribution in [0, 0.1) is 0 Å². The summed E-state index contributed by atoms with van der Waals surface area (Å²) in [6, 6.07) is 9.31. The standard InChI is InChI=1S/C18H20BrCl2NO2/c1-3-7-24-18-10-14(19)12(8-17(18)23-4-2)11-22-16-6-5-13(20)9-15(16)21/h5-6,8-10,22H,3-4,7,11H2,1-2H3. The van der Waals surface area contributed by atoms with Gasteiger partial charge in [-0.15, -0.1) is 0 Å². The first-order valence-electron chi connectivity index (χ1n) is 7.82. The van der Waals surface area contributed by atoms with Crippen LogP contribution in [0.1, 0.15) is 25.8 Å². The Bertz CT molecular complexity index is 695. The molecule has 0 aliphatic carbocycles. The van der Waals surface area contributed by atoms with Crippen molar-refractivity contribution in [2.45, 2.75) is 26.8 Å². The molecule has 0 radical (unpaired) electrons. The Balaban J connectivity index is 2.18. The summed E-state index contributed by atoms with van der Waals surface area (Å²) in [5.74, 6) is 1.49. The van der Waals surface area contributed by atoms with E-state index >= 15 is 0 Å². The Morgan fingerprint density at radius 2 is 1.79 bits per heavy atom. The zero-order chi connectivity index (χ0) is 17.5. The number of hydrogen-bond acceptors (Lipinski definition) is 3. The lowest BCUT2D eigenvalue weighted by atomic mass is 10.2. The molecule has 2 aromatic rings. The Morgan fingerprint density at radius 1 is 1.04 bits per heavy atom. The summed E-state index contributed by atoms with van der Waals surface area (Å²) in [7, 11) is 0. The molecule has 0 atom stereocenters. The molecule has 0 amide bonds. The molecule has 0 fully saturated rings. The molecule has 130 valence electrons. The molecule has 1 N–H and O–H groups in total. The second-order valence-electron chi connectivity index (χ2n) is 5.15. The maximum absolute atomic E-state index is 6.20. The fourth-order valence-electron chi connectivity index (χ4n) is 2.13. The third kappa shape index (κ3) is 5.20. The largest absolute Gasteiger partial charge is 0.490 e. The molecule has 2 rings (SSSR count). The first kappa shape index (κ1) is 19.2. The molecule has 0 bridgehead atoms. The van der Waals surface area contributed by atoms with Crippen LogP contribution in [0.2, 0.25) is 10.0 Å². The van der Waals surface area contributed by atoms with E-state index in [1.807, 2.05) is 25.1 Å². The van der Waals surface area contributed by atoms with Crippen LogP contribution in [0.3, 0.4) is 0 Å². The van der Waals surface area contributed by atoms with E-state index in [4.69, 9.17) is 32.7 Å². The normalized spacial score (nSPS) is 10.5. The van der Waals surface area contributed by atoms with Crippen LogP contribution in [-0.2, 0) is 6.54 Å². The maximum atomic E-state index is 6.20. The van der Waals surface area contributed by atoms with Gasteiger partial charge in [0.2, 0.25) is 0 Å². The van der Waals surface area contributed by atoms with E-state index in [2.05, 4.69) is 28.2 Å². The average Bonchev–Trinajstić information content (AvgIpc) is 2.55. The number of nitrogens with one attached hydrogen (secondary N) is 1. The summed E-state index contributed by atoms with van der Waals surface area (Å²) in [4.78, 5) is 0. The summed E-state index contributed by atoms with van der Waals surface area (Å²) < 4.78 is 12.4. The third-order valence-corrected chi connectivity index (χ3v) is 4.56. The minimum atomic E-state index is 0.583. The van der Waals surface area contributed by atoms with Gasteiger partial charge in [0.1, 0.15) is 0 Å². The van der Waals surface area contributed by atoms with Crippen LogP contribution in [-0.4, -0.2) is 13.2 Å². The lowest BCUT2D eigenvalue weighted by Crippen LogP contribution is -2.04. The monoisotopic (exact) mass is 431 g/mol. The first-order chi connectivity index (χ1) is 11.5. The maximum Gasteiger partial charge on any atom is 0.162 e. The second-order valence-corrected chi connectivity index (χ2v) is 6.85. The van der Waals surface area contributed by atoms with Gasteiger partial charge in [0.15, 0.2) is 11.5 Å². The minimum Gasteiger partial charge on any atom is -0.490 e. The highest BCUT2D eigenvalue weighted by Gasteiger charge is 2.11. The summed E-state index contributed by atoms with van der Waals surface area (Å²) in [5, 5.41) is 4.52. The fourth-order valence-corrected chi connectivity index (χ4v) is 3.07. The van der Waals surface area contributed by atoms with Crippen molar-refractivity contribution in [3.63, 3.8) is 0 Å². The van der Waals surface area contributed by atoms with Crippen LogP contribution in [0.15, 0.2) is 34.8 Å². The SMILES string of the molecule is CCCOc1cc(Br)c(CNc2ccc(Cl)cc2Cl)cc1OCC. The molecule has 0 spiro atoms. The number of hydrogen-bond donors (Lipinski definition) is 1. The highest BCUT2D eigenvalue weighted by Crippen LogP contribution is 2.35. The Hall–Kier alpha value is -1.10. The van der Waals surface area contributed by atoms with Crippen molar-refractivity contribution in [2.75, 3.05) is 18.5 Å². The molecular weight excluding hydrogens is 413 g/mol. The minimum absolute atomic E-state index is 0.583. The highest BCUT2D eigenvalue weighted by molar-refractivity contribution is 9.10. The first-order valence-corrected chi connectivity index (χ1v) is 9.37. The third-order valence-electron chi connectivity index (χ3n) is 3.27. The second kappa shape index (κ2) is 9.40. The van der Waals surface area contributed by atoms with Gasteiger partial charge in [-0.1, -0.05) is 46.1 Å². The van der Waals surface area contributed by atoms with Gasteiger partial charge in [-0.25, -0.2) is 0 Å². The number of rotatable bonds is 8. The van der Waals surface area contributed by atoms with Crippen molar-refractivity contribution in [1.82, 2.24) is 0 Å². The van der Waals surface area contributed by atoms with Gasteiger partial charge in [-0.3, -0.25) is 0 Å². The van der Waals surface area contributed by atoms with E-state index in [9.17, 15) is 0 Å². The van der Waals surface area contributed by atoms with Crippen molar-refractivity contribution in [1.29, 1.82) is 0 Å². The van der Waals surface area contributed by atoms with Crippen LogP contribution in [0.4, 0.5) is 5.69 Å². The summed E-state index contributed by atoms with van der Waals surface area (Å²) >= 11 is 15.7. The molecule has 0 aliphatic heterocycles.